The highest BCUT2D eigenvalue weighted by Gasteiger charge is 2.24. The highest BCUT2D eigenvalue weighted by Crippen LogP contribution is 2.32. The molecule has 0 saturated carbocycles. The van der Waals surface area contributed by atoms with Gasteiger partial charge >= 0.3 is 5.97 Å². The van der Waals surface area contributed by atoms with Gasteiger partial charge in [0.15, 0.2) is 0 Å². The molecule has 118 valence electrons. The molecule has 0 aliphatic heterocycles. The Balaban J connectivity index is 2.31. The first-order valence-electron chi connectivity index (χ1n) is 7.75. The molecule has 0 unspecified atom stereocenters. The molecule has 4 heteroatoms. The molecule has 4 nitrogen and oxygen atoms in total. The van der Waals surface area contributed by atoms with Crippen LogP contribution in [0, 0.1) is 6.92 Å². The Kier molecular flexibility index (Phi) is 3.90. The third kappa shape index (κ3) is 2.72. The maximum absolute atomic E-state index is 11.9. The molecule has 2 heterocycles. The van der Waals surface area contributed by atoms with Gasteiger partial charge in [0.2, 0.25) is 0 Å². The van der Waals surface area contributed by atoms with Gasteiger partial charge < -0.3 is 9.67 Å². The highest BCUT2D eigenvalue weighted by atomic mass is 16.4. The molecule has 0 radical (unpaired) electrons. The van der Waals surface area contributed by atoms with Crippen molar-refractivity contribution in [3.8, 4) is 0 Å². The Hall–Kier alpha value is -2.62. The largest absolute Gasteiger partial charge is 0.478 e. The van der Waals surface area contributed by atoms with Crippen LogP contribution in [0.1, 0.15) is 47.1 Å². The molecular formula is C19H20N2O2. The van der Waals surface area contributed by atoms with E-state index in [0.717, 1.165) is 27.9 Å². The van der Waals surface area contributed by atoms with E-state index < -0.39 is 5.97 Å². The zero-order chi connectivity index (χ0) is 16.6. The second-order valence-corrected chi connectivity index (χ2v) is 6.15. The number of carbonyl (C=O) groups is 1. The summed E-state index contributed by atoms with van der Waals surface area (Å²) in [7, 11) is 0. The van der Waals surface area contributed by atoms with Gasteiger partial charge in [-0.05, 0) is 36.6 Å². The van der Waals surface area contributed by atoms with Crippen LogP contribution in [0.3, 0.4) is 0 Å². The number of benzene rings is 1. The molecule has 1 aromatic carbocycles. The average Bonchev–Trinajstić information content (AvgIpc) is 2.82. The molecule has 1 N–H and O–H groups in total. The zero-order valence-corrected chi connectivity index (χ0v) is 13.6. The first-order chi connectivity index (χ1) is 11.0. The fourth-order valence-corrected chi connectivity index (χ4v) is 3.13. The molecule has 0 atom stereocenters. The minimum absolute atomic E-state index is 0.109. The SMILES string of the molecule is Cc1ccc2c(C(=O)O)c(C(C)C)n(Cc3ccccn3)c2c1. The summed E-state index contributed by atoms with van der Waals surface area (Å²) in [5, 5.41) is 10.5. The number of carboxylic acid groups (broad SMARTS) is 1. The first kappa shape index (κ1) is 15.3. The van der Waals surface area contributed by atoms with Gasteiger partial charge in [0.1, 0.15) is 0 Å². The molecule has 3 rings (SSSR count). The van der Waals surface area contributed by atoms with E-state index in [1.165, 1.54) is 0 Å². The van der Waals surface area contributed by atoms with Crippen molar-refractivity contribution in [3.63, 3.8) is 0 Å². The number of nitrogens with zero attached hydrogens (tertiary/aromatic N) is 2. The lowest BCUT2D eigenvalue weighted by Gasteiger charge is -2.14. The predicted molar refractivity (Wildman–Crippen MR) is 91.1 cm³/mol. The van der Waals surface area contributed by atoms with E-state index in [1.54, 1.807) is 6.20 Å². The Labute approximate surface area is 135 Å². The summed E-state index contributed by atoms with van der Waals surface area (Å²) in [6.07, 6.45) is 1.76. The van der Waals surface area contributed by atoms with Gasteiger partial charge in [-0.1, -0.05) is 32.0 Å². The molecule has 0 fully saturated rings. The van der Waals surface area contributed by atoms with Crippen LogP contribution in [0.25, 0.3) is 10.9 Å². The number of fused-ring (bicyclic) bond motifs is 1. The summed E-state index contributed by atoms with van der Waals surface area (Å²) in [4.78, 5) is 16.3. The van der Waals surface area contributed by atoms with E-state index in [-0.39, 0.29) is 5.92 Å². The molecule has 0 aliphatic carbocycles. The van der Waals surface area contributed by atoms with Crippen molar-refractivity contribution in [1.29, 1.82) is 0 Å². The second kappa shape index (κ2) is 5.88. The van der Waals surface area contributed by atoms with Crippen molar-refractivity contribution in [2.45, 2.75) is 33.2 Å². The molecular weight excluding hydrogens is 288 g/mol. The fraction of sp³-hybridized carbons (Fsp3) is 0.263. The standard InChI is InChI=1S/C19H20N2O2/c1-12(2)18-17(19(22)23)15-8-7-13(3)10-16(15)21(18)11-14-6-4-5-9-20-14/h4-10,12H,11H2,1-3H3,(H,22,23). The van der Waals surface area contributed by atoms with Crippen molar-refractivity contribution >= 4 is 16.9 Å². The minimum atomic E-state index is -0.873. The first-order valence-corrected chi connectivity index (χ1v) is 7.75. The molecule has 3 aromatic rings. The number of aromatic nitrogens is 2. The summed E-state index contributed by atoms with van der Waals surface area (Å²) >= 11 is 0. The van der Waals surface area contributed by atoms with Gasteiger partial charge in [-0.2, -0.15) is 0 Å². The van der Waals surface area contributed by atoms with Gasteiger partial charge in [-0.3, -0.25) is 4.98 Å². The topological polar surface area (TPSA) is 55.1 Å². The van der Waals surface area contributed by atoms with E-state index in [9.17, 15) is 9.90 Å². The smallest absolute Gasteiger partial charge is 0.338 e. The molecule has 0 aliphatic rings. The summed E-state index contributed by atoms with van der Waals surface area (Å²) in [5.41, 5.74) is 4.25. The van der Waals surface area contributed by atoms with Gasteiger partial charge in [0.25, 0.3) is 0 Å². The van der Waals surface area contributed by atoms with Gasteiger partial charge in [-0.15, -0.1) is 0 Å². The van der Waals surface area contributed by atoms with Crippen molar-refractivity contribution in [3.05, 3.63) is 65.1 Å². The number of hydrogen-bond donors (Lipinski definition) is 1. The lowest BCUT2D eigenvalue weighted by atomic mass is 10.0. The second-order valence-electron chi connectivity index (χ2n) is 6.15. The van der Waals surface area contributed by atoms with E-state index in [2.05, 4.69) is 15.6 Å². The van der Waals surface area contributed by atoms with E-state index in [4.69, 9.17) is 0 Å². The van der Waals surface area contributed by atoms with Gasteiger partial charge in [0.05, 0.1) is 17.8 Å². The number of hydrogen-bond acceptors (Lipinski definition) is 2. The lowest BCUT2D eigenvalue weighted by molar-refractivity contribution is 0.0697. The third-order valence-corrected chi connectivity index (χ3v) is 4.07. The van der Waals surface area contributed by atoms with Crippen molar-refractivity contribution in [2.75, 3.05) is 0 Å². The Morgan fingerprint density at radius 2 is 2.04 bits per heavy atom. The highest BCUT2D eigenvalue weighted by molar-refractivity contribution is 6.05. The van der Waals surface area contributed by atoms with E-state index >= 15 is 0 Å². The third-order valence-electron chi connectivity index (χ3n) is 4.07. The molecule has 0 bridgehead atoms. The van der Waals surface area contributed by atoms with Crippen LogP contribution in [0.15, 0.2) is 42.6 Å². The van der Waals surface area contributed by atoms with Gasteiger partial charge in [0, 0.05) is 22.8 Å². The number of aryl methyl sites for hydroxylation is 1. The molecule has 0 saturated heterocycles. The summed E-state index contributed by atoms with van der Waals surface area (Å²) in [6.45, 7) is 6.65. The summed E-state index contributed by atoms with van der Waals surface area (Å²) < 4.78 is 2.10. The van der Waals surface area contributed by atoms with Crippen LogP contribution in [0.2, 0.25) is 0 Å². The maximum Gasteiger partial charge on any atom is 0.338 e. The minimum Gasteiger partial charge on any atom is -0.478 e. The van der Waals surface area contributed by atoms with Crippen LogP contribution < -0.4 is 0 Å². The molecule has 2 aromatic heterocycles. The van der Waals surface area contributed by atoms with Crippen LogP contribution >= 0.6 is 0 Å². The van der Waals surface area contributed by atoms with Crippen molar-refractivity contribution in [1.82, 2.24) is 9.55 Å². The van der Waals surface area contributed by atoms with Crippen LogP contribution in [-0.2, 0) is 6.54 Å². The predicted octanol–water partition coefficient (Wildman–Crippen LogP) is 4.21. The molecule has 0 amide bonds. The molecule has 0 spiro atoms. The van der Waals surface area contributed by atoms with Crippen LogP contribution in [0.5, 0.6) is 0 Å². The van der Waals surface area contributed by atoms with E-state index in [0.29, 0.717) is 12.1 Å². The average molecular weight is 308 g/mol. The monoisotopic (exact) mass is 308 g/mol. The van der Waals surface area contributed by atoms with Crippen molar-refractivity contribution in [2.24, 2.45) is 0 Å². The normalized spacial score (nSPS) is 11.3. The number of rotatable bonds is 4. The van der Waals surface area contributed by atoms with Crippen molar-refractivity contribution < 1.29 is 9.90 Å². The van der Waals surface area contributed by atoms with E-state index in [1.807, 2.05) is 51.1 Å². The Morgan fingerprint density at radius 1 is 1.26 bits per heavy atom. The quantitative estimate of drug-likeness (QED) is 0.785. The Bertz CT molecular complexity index is 864. The van der Waals surface area contributed by atoms with Crippen LogP contribution in [-0.4, -0.2) is 20.6 Å². The number of aromatic carboxylic acids is 1. The summed E-state index contributed by atoms with van der Waals surface area (Å²) in [6, 6.07) is 11.7. The van der Waals surface area contributed by atoms with Crippen LogP contribution in [0.4, 0.5) is 0 Å². The number of pyridine rings is 1. The zero-order valence-electron chi connectivity index (χ0n) is 13.6. The maximum atomic E-state index is 11.9. The lowest BCUT2D eigenvalue weighted by Crippen LogP contribution is -2.10. The van der Waals surface area contributed by atoms with Gasteiger partial charge in [-0.25, -0.2) is 4.79 Å². The summed E-state index contributed by atoms with van der Waals surface area (Å²) in [5.74, 6) is -0.764. The number of carboxylic acids is 1. The fourth-order valence-electron chi connectivity index (χ4n) is 3.13. The Morgan fingerprint density at radius 3 is 2.65 bits per heavy atom. The molecule has 23 heavy (non-hydrogen) atoms.